The second kappa shape index (κ2) is 6.74. The van der Waals surface area contributed by atoms with Crippen molar-refractivity contribution in [1.29, 1.82) is 0 Å². The Bertz CT molecular complexity index is 616. The van der Waals surface area contributed by atoms with E-state index in [1.807, 2.05) is 39.2 Å². The second-order valence-electron chi connectivity index (χ2n) is 5.25. The van der Waals surface area contributed by atoms with Crippen LogP contribution in [0.3, 0.4) is 0 Å². The molecule has 2 rings (SSSR count). The van der Waals surface area contributed by atoms with Crippen LogP contribution in [0.1, 0.15) is 12.5 Å². The maximum Gasteiger partial charge on any atom is 0.130 e. The third-order valence-corrected chi connectivity index (χ3v) is 3.78. The summed E-state index contributed by atoms with van der Waals surface area (Å²) < 4.78 is 5.24. The highest BCUT2D eigenvalue weighted by molar-refractivity contribution is 5.83. The highest BCUT2D eigenvalue weighted by Crippen LogP contribution is 2.25. The smallest absolute Gasteiger partial charge is 0.130 e. The van der Waals surface area contributed by atoms with Crippen LogP contribution in [0.15, 0.2) is 24.3 Å². The van der Waals surface area contributed by atoms with Gasteiger partial charge in [0.15, 0.2) is 0 Å². The molecule has 0 saturated heterocycles. The van der Waals surface area contributed by atoms with Crippen LogP contribution in [0.25, 0.3) is 10.9 Å². The quantitative estimate of drug-likeness (QED) is 0.853. The zero-order valence-electron chi connectivity index (χ0n) is 13.1. The van der Waals surface area contributed by atoms with Gasteiger partial charge < -0.3 is 15.2 Å². The van der Waals surface area contributed by atoms with E-state index in [2.05, 4.69) is 21.3 Å². The van der Waals surface area contributed by atoms with E-state index in [1.165, 1.54) is 0 Å². The van der Waals surface area contributed by atoms with E-state index in [0.717, 1.165) is 34.6 Å². The Balaban J connectivity index is 2.39. The zero-order chi connectivity index (χ0) is 15.4. The molecule has 2 N–H and O–H groups in total. The first-order valence-corrected chi connectivity index (χ1v) is 7.05. The van der Waals surface area contributed by atoms with Crippen molar-refractivity contribution in [2.45, 2.75) is 19.5 Å². The maximum absolute atomic E-state index is 9.25. The maximum atomic E-state index is 9.25. The Kier molecular flexibility index (Phi) is 4.98. The monoisotopic (exact) mass is 289 g/mol. The predicted molar refractivity (Wildman–Crippen MR) is 85.9 cm³/mol. The van der Waals surface area contributed by atoms with Gasteiger partial charge in [-0.3, -0.25) is 4.90 Å². The summed E-state index contributed by atoms with van der Waals surface area (Å²) in [5.41, 5.74) is 2.01. The molecule has 0 saturated carbocycles. The number of rotatable bonds is 6. The summed E-state index contributed by atoms with van der Waals surface area (Å²) in [4.78, 5) is 6.76. The number of aromatic nitrogens is 1. The number of fused-ring (bicyclic) bond motifs is 1. The lowest BCUT2D eigenvalue weighted by atomic mass is 10.1. The lowest BCUT2D eigenvalue weighted by Crippen LogP contribution is -2.31. The van der Waals surface area contributed by atoms with Gasteiger partial charge in [-0.1, -0.05) is 0 Å². The minimum absolute atomic E-state index is 0.112. The lowest BCUT2D eigenvalue weighted by molar-refractivity contribution is 0.154. The molecule has 1 heterocycles. The van der Waals surface area contributed by atoms with E-state index >= 15 is 0 Å². The Morgan fingerprint density at radius 1 is 1.38 bits per heavy atom. The molecule has 0 radical (unpaired) electrons. The normalized spacial score (nSPS) is 12.7. The minimum atomic E-state index is 0.112. The molecular formula is C16H23N3O2. The molecule has 114 valence electrons. The van der Waals surface area contributed by atoms with Gasteiger partial charge in [0.1, 0.15) is 11.6 Å². The van der Waals surface area contributed by atoms with E-state index in [4.69, 9.17) is 4.74 Å². The van der Waals surface area contributed by atoms with Crippen LogP contribution in [0.5, 0.6) is 5.75 Å². The molecular weight excluding hydrogens is 266 g/mol. The van der Waals surface area contributed by atoms with Gasteiger partial charge >= 0.3 is 0 Å². The largest absolute Gasteiger partial charge is 0.497 e. The number of aliphatic hydroxyl groups is 1. The minimum Gasteiger partial charge on any atom is -0.497 e. The van der Waals surface area contributed by atoms with Crippen molar-refractivity contribution < 1.29 is 9.84 Å². The van der Waals surface area contributed by atoms with Gasteiger partial charge in [0, 0.05) is 36.7 Å². The number of pyridine rings is 1. The number of hydrogen-bond donors (Lipinski definition) is 2. The van der Waals surface area contributed by atoms with Crippen molar-refractivity contribution in [2.75, 3.05) is 33.1 Å². The number of nitrogens with zero attached hydrogens (tertiary/aromatic N) is 2. The molecule has 2 aromatic rings. The fourth-order valence-corrected chi connectivity index (χ4v) is 2.22. The van der Waals surface area contributed by atoms with Crippen LogP contribution < -0.4 is 10.1 Å². The summed E-state index contributed by atoms with van der Waals surface area (Å²) >= 11 is 0. The van der Waals surface area contributed by atoms with Gasteiger partial charge in [-0.2, -0.15) is 0 Å². The zero-order valence-corrected chi connectivity index (χ0v) is 13.1. The standard InChI is InChI=1S/C16H23N3O2/c1-11(10-20)19(3)9-13-7-12-5-6-14(21-4)8-15(12)18-16(13)17-2/h5-8,11,20H,9-10H2,1-4H3,(H,17,18). The summed E-state index contributed by atoms with van der Waals surface area (Å²) in [6.07, 6.45) is 0. The van der Waals surface area contributed by atoms with Gasteiger partial charge in [0.25, 0.3) is 0 Å². The molecule has 21 heavy (non-hydrogen) atoms. The molecule has 0 aliphatic heterocycles. The van der Waals surface area contributed by atoms with Crippen LogP contribution in [0.4, 0.5) is 5.82 Å². The molecule has 5 nitrogen and oxygen atoms in total. The number of benzene rings is 1. The molecule has 0 bridgehead atoms. The summed E-state index contributed by atoms with van der Waals surface area (Å²) in [5.74, 6) is 1.66. The molecule has 0 amide bonds. The van der Waals surface area contributed by atoms with Crippen molar-refractivity contribution >= 4 is 16.7 Å². The van der Waals surface area contributed by atoms with Crippen molar-refractivity contribution in [1.82, 2.24) is 9.88 Å². The van der Waals surface area contributed by atoms with Gasteiger partial charge in [-0.05, 0) is 32.2 Å². The number of nitrogens with one attached hydrogen (secondary N) is 1. The average molecular weight is 289 g/mol. The molecule has 0 spiro atoms. The molecule has 0 fully saturated rings. The van der Waals surface area contributed by atoms with Crippen molar-refractivity contribution in [3.63, 3.8) is 0 Å². The van der Waals surface area contributed by atoms with Gasteiger partial charge in [-0.15, -0.1) is 0 Å². The second-order valence-corrected chi connectivity index (χ2v) is 5.25. The van der Waals surface area contributed by atoms with E-state index in [9.17, 15) is 5.11 Å². The summed E-state index contributed by atoms with van der Waals surface area (Å²) in [7, 11) is 5.52. The third-order valence-electron chi connectivity index (χ3n) is 3.78. The van der Waals surface area contributed by atoms with Gasteiger partial charge in [0.05, 0.1) is 19.2 Å². The molecule has 0 aliphatic rings. The third kappa shape index (κ3) is 3.43. The van der Waals surface area contributed by atoms with Crippen molar-refractivity contribution in [3.8, 4) is 5.75 Å². The van der Waals surface area contributed by atoms with E-state index < -0.39 is 0 Å². The molecule has 1 aromatic heterocycles. The number of aliphatic hydroxyl groups excluding tert-OH is 1. The van der Waals surface area contributed by atoms with Crippen LogP contribution in [0, 0.1) is 0 Å². The summed E-state index contributed by atoms with van der Waals surface area (Å²) in [5, 5.41) is 13.5. The molecule has 1 unspecified atom stereocenters. The first kappa shape index (κ1) is 15.5. The fraction of sp³-hybridized carbons (Fsp3) is 0.438. The Labute approximate surface area is 125 Å². The topological polar surface area (TPSA) is 57.6 Å². The van der Waals surface area contributed by atoms with E-state index in [0.29, 0.717) is 0 Å². The van der Waals surface area contributed by atoms with Gasteiger partial charge in [-0.25, -0.2) is 4.98 Å². The first-order chi connectivity index (χ1) is 10.1. The van der Waals surface area contributed by atoms with E-state index in [1.54, 1.807) is 7.11 Å². The highest BCUT2D eigenvalue weighted by Gasteiger charge is 2.12. The fourth-order valence-electron chi connectivity index (χ4n) is 2.22. The summed E-state index contributed by atoms with van der Waals surface area (Å²) in [6.45, 7) is 2.87. The highest BCUT2D eigenvalue weighted by atomic mass is 16.5. The summed E-state index contributed by atoms with van der Waals surface area (Å²) in [6, 6.07) is 8.13. The van der Waals surface area contributed by atoms with Crippen LogP contribution >= 0.6 is 0 Å². The SMILES string of the molecule is CNc1nc2cc(OC)ccc2cc1CN(C)C(C)CO. The number of ether oxygens (including phenoxy) is 1. The average Bonchev–Trinajstić information content (AvgIpc) is 2.52. The molecule has 1 atom stereocenters. The van der Waals surface area contributed by atoms with Crippen LogP contribution in [-0.2, 0) is 6.54 Å². The number of hydrogen-bond acceptors (Lipinski definition) is 5. The number of methoxy groups -OCH3 is 1. The first-order valence-electron chi connectivity index (χ1n) is 7.05. The van der Waals surface area contributed by atoms with Crippen LogP contribution in [-0.4, -0.2) is 48.8 Å². The predicted octanol–water partition coefficient (Wildman–Crippen LogP) is 2.10. The molecule has 0 aliphatic carbocycles. The molecule has 5 heteroatoms. The molecule has 1 aromatic carbocycles. The Hall–Kier alpha value is -1.85. The van der Waals surface area contributed by atoms with E-state index in [-0.39, 0.29) is 12.6 Å². The van der Waals surface area contributed by atoms with Crippen molar-refractivity contribution in [2.24, 2.45) is 0 Å². The van der Waals surface area contributed by atoms with Crippen molar-refractivity contribution in [3.05, 3.63) is 29.8 Å². The number of likely N-dealkylation sites (N-methyl/N-ethyl adjacent to an activating group) is 1. The Morgan fingerprint density at radius 2 is 2.14 bits per heavy atom. The van der Waals surface area contributed by atoms with Crippen LogP contribution in [0.2, 0.25) is 0 Å². The van der Waals surface area contributed by atoms with Gasteiger partial charge in [0.2, 0.25) is 0 Å². The number of anilines is 1. The Morgan fingerprint density at radius 3 is 2.76 bits per heavy atom. The lowest BCUT2D eigenvalue weighted by Gasteiger charge is -2.24.